The zero-order valence-corrected chi connectivity index (χ0v) is 28.8. The Morgan fingerprint density at radius 3 is 2.04 bits per heavy atom. The summed E-state index contributed by atoms with van der Waals surface area (Å²) in [5.74, 6) is -0.849. The van der Waals surface area contributed by atoms with E-state index in [2.05, 4.69) is 5.32 Å². The van der Waals surface area contributed by atoms with Crippen molar-refractivity contribution in [1.82, 2.24) is 10.2 Å². The van der Waals surface area contributed by atoms with Crippen LogP contribution in [0.3, 0.4) is 0 Å². The van der Waals surface area contributed by atoms with Crippen molar-refractivity contribution in [2.45, 2.75) is 62.0 Å². The molecule has 0 bridgehead atoms. The standard InChI is InChI=1S/C36H36Cl3N3O4S/c37-28-17-19-31(20-18-28)47(45,46)42(30-14-8-3-9-15-30)25-35(43)41(24-27-16-21-32(38)33(39)22-27)34(23-26-10-4-1-5-11-26)36(44)40-29-12-6-2-7-13-29/h1,3-5,8-11,14-22,29,34H,2,6-7,12-13,23-25H2,(H,40,44)/t34-/m1/s1. The average molecular weight is 713 g/mol. The smallest absolute Gasteiger partial charge is 0.264 e. The molecule has 0 spiro atoms. The largest absolute Gasteiger partial charge is 0.352 e. The van der Waals surface area contributed by atoms with E-state index >= 15 is 0 Å². The number of anilines is 1. The van der Waals surface area contributed by atoms with E-state index in [1.54, 1.807) is 48.5 Å². The molecule has 1 saturated carbocycles. The summed E-state index contributed by atoms with van der Waals surface area (Å²) in [4.78, 5) is 30.2. The van der Waals surface area contributed by atoms with Crippen LogP contribution in [0.2, 0.25) is 15.1 Å². The predicted octanol–water partition coefficient (Wildman–Crippen LogP) is 7.93. The van der Waals surface area contributed by atoms with Gasteiger partial charge in [-0.05, 0) is 72.5 Å². The van der Waals surface area contributed by atoms with E-state index < -0.39 is 28.5 Å². The van der Waals surface area contributed by atoms with Gasteiger partial charge in [-0.15, -0.1) is 0 Å². The highest BCUT2D eigenvalue weighted by Gasteiger charge is 2.35. The maximum atomic E-state index is 14.6. The minimum Gasteiger partial charge on any atom is -0.352 e. The van der Waals surface area contributed by atoms with Crippen molar-refractivity contribution in [2.75, 3.05) is 10.8 Å². The number of hydrogen-bond acceptors (Lipinski definition) is 4. The van der Waals surface area contributed by atoms with Gasteiger partial charge in [0.15, 0.2) is 0 Å². The Hall–Kier alpha value is -3.56. The van der Waals surface area contributed by atoms with Gasteiger partial charge in [0.2, 0.25) is 11.8 Å². The molecule has 1 N–H and O–H groups in total. The molecular formula is C36H36Cl3N3O4S. The summed E-state index contributed by atoms with van der Waals surface area (Å²) < 4.78 is 29.3. The molecule has 0 saturated heterocycles. The van der Waals surface area contributed by atoms with Gasteiger partial charge < -0.3 is 10.2 Å². The zero-order chi connectivity index (χ0) is 33.4. The first kappa shape index (κ1) is 34.8. The number of benzene rings is 4. The molecule has 47 heavy (non-hydrogen) atoms. The summed E-state index contributed by atoms with van der Waals surface area (Å²) in [7, 11) is -4.22. The molecule has 1 atom stereocenters. The van der Waals surface area contributed by atoms with Crippen LogP contribution < -0.4 is 9.62 Å². The molecule has 2 amide bonds. The van der Waals surface area contributed by atoms with Crippen LogP contribution in [-0.4, -0.2) is 43.8 Å². The Morgan fingerprint density at radius 1 is 0.766 bits per heavy atom. The van der Waals surface area contributed by atoms with Crippen molar-refractivity contribution >= 4 is 62.3 Å². The van der Waals surface area contributed by atoms with E-state index in [1.807, 2.05) is 30.3 Å². The number of carbonyl (C=O) groups is 2. The van der Waals surface area contributed by atoms with Gasteiger partial charge in [0, 0.05) is 24.0 Å². The van der Waals surface area contributed by atoms with Crippen LogP contribution in [0.15, 0.2) is 108 Å². The van der Waals surface area contributed by atoms with Crippen molar-refractivity contribution in [3.63, 3.8) is 0 Å². The van der Waals surface area contributed by atoms with Crippen molar-refractivity contribution < 1.29 is 18.0 Å². The van der Waals surface area contributed by atoms with E-state index in [1.165, 1.54) is 29.2 Å². The highest BCUT2D eigenvalue weighted by molar-refractivity contribution is 7.92. The van der Waals surface area contributed by atoms with Crippen molar-refractivity contribution in [2.24, 2.45) is 0 Å². The fourth-order valence-corrected chi connectivity index (χ4v) is 7.65. The van der Waals surface area contributed by atoms with Gasteiger partial charge in [0.1, 0.15) is 12.6 Å². The molecule has 4 aromatic carbocycles. The lowest BCUT2D eigenvalue weighted by molar-refractivity contribution is -0.140. The SMILES string of the molecule is O=C(NC1CCCCC1)[C@@H](Cc1ccccc1)N(Cc1ccc(Cl)c(Cl)c1)C(=O)CN(c1ccccc1)S(=O)(=O)c1ccc(Cl)cc1. The summed E-state index contributed by atoms with van der Waals surface area (Å²) in [6.07, 6.45) is 5.13. The first-order chi connectivity index (χ1) is 22.6. The quantitative estimate of drug-likeness (QED) is 0.162. The van der Waals surface area contributed by atoms with Crippen LogP contribution in [0.25, 0.3) is 0 Å². The molecule has 0 heterocycles. The van der Waals surface area contributed by atoms with E-state index in [0.717, 1.165) is 42.0 Å². The number of hydrogen-bond donors (Lipinski definition) is 1. The van der Waals surface area contributed by atoms with Crippen LogP contribution >= 0.6 is 34.8 Å². The van der Waals surface area contributed by atoms with E-state index in [4.69, 9.17) is 34.8 Å². The average Bonchev–Trinajstić information content (AvgIpc) is 3.08. The normalized spacial score (nSPS) is 14.3. The Morgan fingerprint density at radius 2 is 1.40 bits per heavy atom. The Balaban J connectivity index is 1.56. The van der Waals surface area contributed by atoms with Gasteiger partial charge in [-0.2, -0.15) is 0 Å². The Bertz CT molecular complexity index is 1770. The third kappa shape index (κ3) is 9.08. The number of para-hydroxylation sites is 1. The van der Waals surface area contributed by atoms with Gasteiger partial charge in [0.25, 0.3) is 10.0 Å². The van der Waals surface area contributed by atoms with Gasteiger partial charge >= 0.3 is 0 Å². The van der Waals surface area contributed by atoms with E-state index in [-0.39, 0.29) is 29.8 Å². The number of amides is 2. The number of halogens is 3. The third-order valence-corrected chi connectivity index (χ3v) is 11.1. The van der Waals surface area contributed by atoms with Crippen LogP contribution in [0.5, 0.6) is 0 Å². The summed E-state index contributed by atoms with van der Waals surface area (Å²) in [5.41, 5.74) is 1.80. The first-order valence-electron chi connectivity index (χ1n) is 15.5. The second-order valence-corrected chi connectivity index (χ2v) is 14.7. The maximum absolute atomic E-state index is 14.6. The van der Waals surface area contributed by atoms with Crippen molar-refractivity contribution in [3.8, 4) is 0 Å². The summed E-state index contributed by atoms with van der Waals surface area (Å²) in [6, 6.07) is 27.8. The first-order valence-corrected chi connectivity index (χ1v) is 18.1. The van der Waals surface area contributed by atoms with Gasteiger partial charge in [-0.25, -0.2) is 8.42 Å². The fraction of sp³-hybridized carbons (Fsp3) is 0.278. The molecule has 7 nitrogen and oxygen atoms in total. The molecule has 0 aromatic heterocycles. The Labute approximate surface area is 291 Å². The van der Waals surface area contributed by atoms with Crippen LogP contribution in [0, 0.1) is 0 Å². The van der Waals surface area contributed by atoms with Crippen molar-refractivity contribution in [3.05, 3.63) is 129 Å². The molecule has 4 aromatic rings. The molecule has 0 unspecified atom stereocenters. The summed E-state index contributed by atoms with van der Waals surface area (Å²) in [5, 5.41) is 4.24. The number of nitrogens with one attached hydrogen (secondary N) is 1. The zero-order valence-electron chi connectivity index (χ0n) is 25.7. The topological polar surface area (TPSA) is 86.8 Å². The predicted molar refractivity (Wildman–Crippen MR) is 188 cm³/mol. The number of sulfonamides is 1. The fourth-order valence-electron chi connectivity index (χ4n) is 5.79. The molecule has 1 aliphatic carbocycles. The highest BCUT2D eigenvalue weighted by Crippen LogP contribution is 2.28. The lowest BCUT2D eigenvalue weighted by Gasteiger charge is -2.35. The lowest BCUT2D eigenvalue weighted by Crippen LogP contribution is -2.55. The van der Waals surface area contributed by atoms with Crippen LogP contribution in [0.1, 0.15) is 43.2 Å². The monoisotopic (exact) mass is 711 g/mol. The molecule has 5 rings (SSSR count). The molecular weight excluding hydrogens is 677 g/mol. The van der Waals surface area contributed by atoms with E-state index in [9.17, 15) is 18.0 Å². The summed E-state index contributed by atoms with van der Waals surface area (Å²) in [6.45, 7) is -0.562. The molecule has 0 radical (unpaired) electrons. The minimum absolute atomic E-state index is 0.00236. The Kier molecular flexibility index (Phi) is 11.9. The van der Waals surface area contributed by atoms with E-state index in [0.29, 0.717) is 26.3 Å². The summed E-state index contributed by atoms with van der Waals surface area (Å²) >= 11 is 18.6. The third-order valence-electron chi connectivity index (χ3n) is 8.28. The van der Waals surface area contributed by atoms with Crippen LogP contribution in [-0.2, 0) is 32.6 Å². The second-order valence-electron chi connectivity index (χ2n) is 11.6. The second kappa shape index (κ2) is 16.0. The minimum atomic E-state index is -4.22. The maximum Gasteiger partial charge on any atom is 0.264 e. The molecule has 1 fully saturated rings. The van der Waals surface area contributed by atoms with Crippen LogP contribution in [0.4, 0.5) is 5.69 Å². The molecule has 1 aliphatic rings. The molecule has 246 valence electrons. The highest BCUT2D eigenvalue weighted by atomic mass is 35.5. The van der Waals surface area contributed by atoms with Crippen molar-refractivity contribution in [1.29, 1.82) is 0 Å². The number of nitrogens with zero attached hydrogens (tertiary/aromatic N) is 2. The van der Waals surface area contributed by atoms with Gasteiger partial charge in [-0.1, -0.05) is 109 Å². The molecule has 0 aliphatic heterocycles. The van der Waals surface area contributed by atoms with Gasteiger partial charge in [-0.3, -0.25) is 13.9 Å². The van der Waals surface area contributed by atoms with Gasteiger partial charge in [0.05, 0.1) is 20.6 Å². The lowest BCUT2D eigenvalue weighted by atomic mass is 9.94. The number of carbonyl (C=O) groups excluding carboxylic acids is 2. The number of rotatable bonds is 12. The molecule has 11 heteroatoms.